The molecule has 2 aromatic rings. The average molecular weight is 227 g/mol. The van der Waals surface area contributed by atoms with Gasteiger partial charge in [-0.2, -0.15) is 0 Å². The Labute approximate surface area is 89.5 Å². The largest absolute Gasteiger partial charge is 0.491 e. The van der Waals surface area contributed by atoms with Crippen LogP contribution in [0, 0.1) is 6.92 Å². The van der Waals surface area contributed by atoms with E-state index in [9.17, 15) is 13.2 Å². The summed E-state index contributed by atoms with van der Waals surface area (Å²) in [6.45, 7) is 1.27. The van der Waals surface area contributed by atoms with Gasteiger partial charge in [0.1, 0.15) is 5.82 Å². The summed E-state index contributed by atoms with van der Waals surface area (Å²) in [6.07, 6.45) is -4.50. The highest BCUT2D eigenvalue weighted by Crippen LogP contribution is 2.29. The molecule has 0 radical (unpaired) electrons. The number of alkyl halides is 3. The molecular formula is C10H8F3N3. The maximum Gasteiger partial charge on any atom is 0.491 e. The summed E-state index contributed by atoms with van der Waals surface area (Å²) in [7, 11) is 0. The van der Waals surface area contributed by atoms with Crippen molar-refractivity contribution in [2.24, 2.45) is 0 Å². The number of halogens is 3. The van der Waals surface area contributed by atoms with E-state index in [4.69, 9.17) is 0 Å². The molecule has 0 N–H and O–H groups in total. The van der Waals surface area contributed by atoms with E-state index in [0.717, 1.165) is 0 Å². The summed E-state index contributed by atoms with van der Waals surface area (Å²) in [5.41, 5.74) is 0.389. The standard InChI is InChI=1S/C10H8F3N3/c1-7-14-15-9(16(7)10(11,12)13)8-5-3-2-4-6-8/h2-6H,1H3. The molecule has 3 nitrogen and oxygen atoms in total. The van der Waals surface area contributed by atoms with Crippen molar-refractivity contribution in [3.8, 4) is 11.4 Å². The normalized spacial score (nSPS) is 11.8. The van der Waals surface area contributed by atoms with E-state index in [1.54, 1.807) is 30.3 Å². The maximum atomic E-state index is 12.7. The van der Waals surface area contributed by atoms with Crippen LogP contribution in [0.5, 0.6) is 0 Å². The Hall–Kier alpha value is -1.85. The van der Waals surface area contributed by atoms with Gasteiger partial charge in [0.25, 0.3) is 0 Å². The summed E-state index contributed by atoms with van der Waals surface area (Å²) in [5, 5.41) is 7.00. The summed E-state index contributed by atoms with van der Waals surface area (Å²) in [6, 6.07) is 8.15. The van der Waals surface area contributed by atoms with Gasteiger partial charge in [0.05, 0.1) is 0 Å². The molecule has 2 rings (SSSR count). The number of rotatable bonds is 1. The molecule has 6 heteroatoms. The Kier molecular flexibility index (Phi) is 2.41. The second kappa shape index (κ2) is 3.62. The van der Waals surface area contributed by atoms with Crippen LogP contribution in [0.15, 0.2) is 30.3 Å². The first-order chi connectivity index (χ1) is 7.50. The van der Waals surface area contributed by atoms with Crippen molar-refractivity contribution >= 4 is 0 Å². The van der Waals surface area contributed by atoms with Gasteiger partial charge in [-0.3, -0.25) is 0 Å². The van der Waals surface area contributed by atoms with Gasteiger partial charge in [-0.1, -0.05) is 30.3 Å². The van der Waals surface area contributed by atoms with Crippen molar-refractivity contribution < 1.29 is 13.2 Å². The van der Waals surface area contributed by atoms with Gasteiger partial charge in [0.15, 0.2) is 5.82 Å². The molecular weight excluding hydrogens is 219 g/mol. The molecule has 16 heavy (non-hydrogen) atoms. The zero-order valence-corrected chi connectivity index (χ0v) is 8.36. The first-order valence-electron chi connectivity index (χ1n) is 4.55. The van der Waals surface area contributed by atoms with Crippen molar-refractivity contribution in [1.29, 1.82) is 0 Å². The van der Waals surface area contributed by atoms with E-state index in [0.29, 0.717) is 5.56 Å². The molecule has 0 saturated heterocycles. The number of benzene rings is 1. The van der Waals surface area contributed by atoms with Gasteiger partial charge in [0.2, 0.25) is 0 Å². The highest BCUT2D eigenvalue weighted by Gasteiger charge is 2.35. The highest BCUT2D eigenvalue weighted by atomic mass is 19.4. The lowest BCUT2D eigenvalue weighted by molar-refractivity contribution is -0.204. The first kappa shape index (κ1) is 10.7. The molecule has 84 valence electrons. The van der Waals surface area contributed by atoms with Crippen molar-refractivity contribution in [1.82, 2.24) is 14.8 Å². The van der Waals surface area contributed by atoms with E-state index >= 15 is 0 Å². The summed E-state index contributed by atoms with van der Waals surface area (Å²) in [4.78, 5) is 0. The Morgan fingerprint density at radius 2 is 1.69 bits per heavy atom. The molecule has 0 aliphatic rings. The van der Waals surface area contributed by atoms with Crippen molar-refractivity contribution in [3.63, 3.8) is 0 Å². The van der Waals surface area contributed by atoms with Gasteiger partial charge < -0.3 is 0 Å². The van der Waals surface area contributed by atoms with E-state index in [-0.39, 0.29) is 16.2 Å². The molecule has 0 fully saturated rings. The lowest BCUT2D eigenvalue weighted by atomic mass is 10.2. The number of hydrogen-bond donors (Lipinski definition) is 0. The monoisotopic (exact) mass is 227 g/mol. The minimum atomic E-state index is -4.50. The van der Waals surface area contributed by atoms with E-state index in [1.807, 2.05) is 0 Å². The van der Waals surface area contributed by atoms with Crippen LogP contribution in [0.2, 0.25) is 0 Å². The zero-order chi connectivity index (χ0) is 11.8. The number of nitrogens with zero attached hydrogens (tertiary/aromatic N) is 3. The molecule has 1 aromatic heterocycles. The summed E-state index contributed by atoms with van der Waals surface area (Å²) >= 11 is 0. The van der Waals surface area contributed by atoms with Crippen LogP contribution in [0.1, 0.15) is 5.82 Å². The summed E-state index contributed by atoms with van der Waals surface area (Å²) in [5.74, 6) is -0.364. The van der Waals surface area contributed by atoms with E-state index < -0.39 is 6.30 Å². The Morgan fingerprint density at radius 3 is 2.25 bits per heavy atom. The molecule has 0 aliphatic carbocycles. The Bertz CT molecular complexity index is 488. The van der Waals surface area contributed by atoms with Gasteiger partial charge in [-0.25, -0.2) is 4.57 Å². The van der Waals surface area contributed by atoms with Crippen LogP contribution in [-0.4, -0.2) is 14.8 Å². The van der Waals surface area contributed by atoms with Gasteiger partial charge in [-0.15, -0.1) is 23.4 Å². The molecule has 0 spiro atoms. The minimum Gasteiger partial charge on any atom is -0.219 e. The lowest BCUT2D eigenvalue weighted by Gasteiger charge is -2.11. The molecule has 0 saturated carbocycles. The molecule has 1 heterocycles. The van der Waals surface area contributed by atoms with Gasteiger partial charge in [0, 0.05) is 5.56 Å². The van der Waals surface area contributed by atoms with Gasteiger partial charge >= 0.3 is 6.30 Å². The van der Waals surface area contributed by atoms with Crippen molar-refractivity contribution in [2.75, 3.05) is 0 Å². The van der Waals surface area contributed by atoms with Crippen LogP contribution in [0.4, 0.5) is 13.2 Å². The van der Waals surface area contributed by atoms with Crippen LogP contribution in [0.25, 0.3) is 11.4 Å². The fourth-order valence-electron chi connectivity index (χ4n) is 1.44. The second-order valence-electron chi connectivity index (χ2n) is 3.24. The maximum absolute atomic E-state index is 12.7. The third-order valence-corrected chi connectivity index (χ3v) is 2.11. The molecule has 0 unspecified atom stereocenters. The predicted octanol–water partition coefficient (Wildman–Crippen LogP) is 2.73. The summed E-state index contributed by atoms with van der Waals surface area (Å²) < 4.78 is 38.3. The average Bonchev–Trinajstić information content (AvgIpc) is 2.61. The first-order valence-corrected chi connectivity index (χ1v) is 4.55. The van der Waals surface area contributed by atoms with E-state index in [1.165, 1.54) is 6.92 Å². The molecule has 0 aliphatic heterocycles. The van der Waals surface area contributed by atoms with Crippen LogP contribution in [0.3, 0.4) is 0 Å². The second-order valence-corrected chi connectivity index (χ2v) is 3.24. The molecule has 0 amide bonds. The Morgan fingerprint density at radius 1 is 1.06 bits per heavy atom. The van der Waals surface area contributed by atoms with Gasteiger partial charge in [-0.05, 0) is 6.92 Å². The van der Waals surface area contributed by atoms with Crippen molar-refractivity contribution in [3.05, 3.63) is 36.2 Å². The number of hydrogen-bond acceptors (Lipinski definition) is 2. The predicted molar refractivity (Wildman–Crippen MR) is 51.5 cm³/mol. The molecule has 1 aromatic carbocycles. The highest BCUT2D eigenvalue weighted by molar-refractivity contribution is 5.55. The van der Waals surface area contributed by atoms with Crippen LogP contribution < -0.4 is 0 Å². The number of aromatic nitrogens is 3. The Balaban J connectivity index is 2.60. The van der Waals surface area contributed by atoms with Crippen LogP contribution in [-0.2, 0) is 6.30 Å². The zero-order valence-electron chi connectivity index (χ0n) is 8.36. The van der Waals surface area contributed by atoms with Crippen molar-refractivity contribution in [2.45, 2.75) is 13.2 Å². The van der Waals surface area contributed by atoms with Crippen LogP contribution >= 0.6 is 0 Å². The minimum absolute atomic E-state index is 0.169. The number of aryl methyl sites for hydroxylation is 1. The topological polar surface area (TPSA) is 30.7 Å². The molecule has 0 atom stereocenters. The lowest BCUT2D eigenvalue weighted by Crippen LogP contribution is -2.19. The third-order valence-electron chi connectivity index (χ3n) is 2.11. The smallest absolute Gasteiger partial charge is 0.219 e. The SMILES string of the molecule is Cc1nnc(-c2ccccc2)n1C(F)(F)F. The fraction of sp³-hybridized carbons (Fsp3) is 0.200. The van der Waals surface area contributed by atoms with E-state index in [2.05, 4.69) is 10.2 Å². The molecule has 0 bridgehead atoms. The fourth-order valence-corrected chi connectivity index (χ4v) is 1.44. The third kappa shape index (κ3) is 1.78. The quantitative estimate of drug-likeness (QED) is 0.749.